The molecule has 22 heavy (non-hydrogen) atoms. The summed E-state index contributed by atoms with van der Waals surface area (Å²) >= 11 is 7.62. The number of furan rings is 1. The third kappa shape index (κ3) is 4.19. The molecule has 2 rings (SSSR count). The topological polar surface area (TPSA) is 74.5 Å². The number of halogens is 1. The SMILES string of the molecule is CSc1ccc(NC(=O)NCC(C)(O)c2ccco2)cc1Cl. The van der Waals surface area contributed by atoms with E-state index >= 15 is 0 Å². The molecule has 1 atom stereocenters. The number of urea groups is 1. The number of nitrogens with one attached hydrogen (secondary N) is 2. The van der Waals surface area contributed by atoms with Crippen LogP contribution in [0.15, 0.2) is 45.9 Å². The summed E-state index contributed by atoms with van der Waals surface area (Å²) in [5.74, 6) is 0.389. The van der Waals surface area contributed by atoms with Crippen LogP contribution in [0, 0.1) is 0 Å². The molecule has 0 spiro atoms. The van der Waals surface area contributed by atoms with Crippen LogP contribution in [0.2, 0.25) is 5.02 Å². The number of rotatable bonds is 5. The summed E-state index contributed by atoms with van der Waals surface area (Å²) in [6.07, 6.45) is 3.40. The lowest BCUT2D eigenvalue weighted by Gasteiger charge is -2.21. The highest BCUT2D eigenvalue weighted by molar-refractivity contribution is 7.98. The molecule has 0 radical (unpaired) electrons. The smallest absolute Gasteiger partial charge is 0.319 e. The van der Waals surface area contributed by atoms with Gasteiger partial charge in [0.2, 0.25) is 0 Å². The van der Waals surface area contributed by atoms with Crippen molar-refractivity contribution >= 4 is 35.1 Å². The van der Waals surface area contributed by atoms with Crippen molar-refractivity contribution in [3.8, 4) is 0 Å². The number of carbonyl (C=O) groups excluding carboxylic acids is 1. The molecule has 0 aliphatic rings. The molecule has 0 saturated heterocycles. The van der Waals surface area contributed by atoms with E-state index in [0.717, 1.165) is 4.90 Å². The Balaban J connectivity index is 1.92. The van der Waals surface area contributed by atoms with Gasteiger partial charge in [0.15, 0.2) is 0 Å². The second-order valence-electron chi connectivity index (χ2n) is 4.91. The van der Waals surface area contributed by atoms with Crippen LogP contribution in [-0.2, 0) is 5.60 Å². The summed E-state index contributed by atoms with van der Waals surface area (Å²) in [5, 5.41) is 16.1. The van der Waals surface area contributed by atoms with Gasteiger partial charge in [-0.3, -0.25) is 0 Å². The Kier molecular flexibility index (Phi) is 5.39. The van der Waals surface area contributed by atoms with Gasteiger partial charge in [-0.2, -0.15) is 0 Å². The maximum absolute atomic E-state index is 11.9. The van der Waals surface area contributed by atoms with Gasteiger partial charge >= 0.3 is 6.03 Å². The summed E-state index contributed by atoms with van der Waals surface area (Å²) in [4.78, 5) is 12.8. The predicted molar refractivity (Wildman–Crippen MR) is 88.5 cm³/mol. The summed E-state index contributed by atoms with van der Waals surface area (Å²) in [6.45, 7) is 1.58. The summed E-state index contributed by atoms with van der Waals surface area (Å²) in [6, 6.07) is 8.18. The minimum atomic E-state index is -1.28. The van der Waals surface area contributed by atoms with E-state index < -0.39 is 11.6 Å². The zero-order valence-electron chi connectivity index (χ0n) is 12.2. The van der Waals surface area contributed by atoms with E-state index in [1.807, 2.05) is 12.3 Å². The fourth-order valence-electron chi connectivity index (χ4n) is 1.84. The van der Waals surface area contributed by atoms with E-state index in [2.05, 4.69) is 10.6 Å². The molecule has 0 aliphatic heterocycles. The average molecular weight is 341 g/mol. The number of amides is 2. The van der Waals surface area contributed by atoms with Gasteiger partial charge in [0, 0.05) is 10.6 Å². The molecule has 0 bridgehead atoms. The van der Waals surface area contributed by atoms with E-state index in [9.17, 15) is 9.90 Å². The van der Waals surface area contributed by atoms with Gasteiger partial charge in [-0.1, -0.05) is 11.6 Å². The van der Waals surface area contributed by atoms with Crippen molar-refractivity contribution in [1.82, 2.24) is 5.32 Å². The number of anilines is 1. The van der Waals surface area contributed by atoms with E-state index in [-0.39, 0.29) is 6.54 Å². The minimum absolute atomic E-state index is 0.0168. The van der Waals surface area contributed by atoms with Crippen LogP contribution in [0.4, 0.5) is 10.5 Å². The van der Waals surface area contributed by atoms with Gasteiger partial charge in [0.05, 0.1) is 17.8 Å². The van der Waals surface area contributed by atoms with Crippen LogP contribution >= 0.6 is 23.4 Å². The Morgan fingerprint density at radius 3 is 2.82 bits per heavy atom. The summed E-state index contributed by atoms with van der Waals surface area (Å²) < 4.78 is 5.15. The largest absolute Gasteiger partial charge is 0.466 e. The maximum atomic E-state index is 11.9. The fourth-order valence-corrected chi connectivity index (χ4v) is 2.71. The Bertz CT molecular complexity index is 644. The Morgan fingerprint density at radius 2 is 2.23 bits per heavy atom. The van der Waals surface area contributed by atoms with Crippen molar-refractivity contribution in [2.75, 3.05) is 18.1 Å². The first-order valence-electron chi connectivity index (χ1n) is 6.57. The van der Waals surface area contributed by atoms with Gasteiger partial charge in [-0.15, -0.1) is 11.8 Å². The molecule has 3 N–H and O–H groups in total. The van der Waals surface area contributed by atoms with Crippen molar-refractivity contribution in [3.63, 3.8) is 0 Å². The van der Waals surface area contributed by atoms with Crippen LogP contribution in [0.3, 0.4) is 0 Å². The van der Waals surface area contributed by atoms with E-state index in [0.29, 0.717) is 16.5 Å². The average Bonchev–Trinajstić information content (AvgIpc) is 3.00. The van der Waals surface area contributed by atoms with Gasteiger partial charge < -0.3 is 20.2 Å². The van der Waals surface area contributed by atoms with Crippen LogP contribution in [0.5, 0.6) is 0 Å². The molecular weight excluding hydrogens is 324 g/mol. The normalized spacial score (nSPS) is 13.5. The zero-order valence-corrected chi connectivity index (χ0v) is 13.8. The molecule has 2 amide bonds. The molecule has 0 saturated carbocycles. The number of carbonyl (C=O) groups is 1. The molecular formula is C15H17ClN2O3S. The zero-order chi connectivity index (χ0) is 16.2. The molecule has 5 nitrogen and oxygen atoms in total. The molecule has 7 heteroatoms. The minimum Gasteiger partial charge on any atom is -0.466 e. The number of thioether (sulfide) groups is 1. The second-order valence-corrected chi connectivity index (χ2v) is 6.16. The lowest BCUT2D eigenvalue weighted by Crippen LogP contribution is -2.40. The Morgan fingerprint density at radius 1 is 1.45 bits per heavy atom. The first kappa shape index (κ1) is 16.7. The second kappa shape index (κ2) is 7.09. The maximum Gasteiger partial charge on any atom is 0.319 e. The summed E-state index contributed by atoms with van der Waals surface area (Å²) in [5.41, 5.74) is -0.695. The van der Waals surface area contributed by atoms with Gasteiger partial charge in [0.25, 0.3) is 0 Å². The molecule has 1 aromatic heterocycles. The lowest BCUT2D eigenvalue weighted by molar-refractivity contribution is 0.0372. The van der Waals surface area contributed by atoms with Crippen molar-refractivity contribution in [2.45, 2.75) is 17.4 Å². The van der Waals surface area contributed by atoms with Crippen molar-refractivity contribution in [3.05, 3.63) is 47.4 Å². The molecule has 0 aliphatic carbocycles. The first-order valence-corrected chi connectivity index (χ1v) is 8.17. The highest BCUT2D eigenvalue weighted by Crippen LogP contribution is 2.28. The van der Waals surface area contributed by atoms with Crippen molar-refractivity contribution < 1.29 is 14.3 Å². The van der Waals surface area contributed by atoms with E-state index in [1.54, 1.807) is 31.2 Å². The highest BCUT2D eigenvalue weighted by atomic mass is 35.5. The van der Waals surface area contributed by atoms with Crippen molar-refractivity contribution in [1.29, 1.82) is 0 Å². The number of hydrogen-bond donors (Lipinski definition) is 3. The van der Waals surface area contributed by atoms with Gasteiger partial charge in [-0.05, 0) is 43.5 Å². The van der Waals surface area contributed by atoms with Crippen LogP contribution < -0.4 is 10.6 Å². The number of hydrogen-bond acceptors (Lipinski definition) is 4. The number of benzene rings is 1. The molecule has 2 aromatic rings. The standard InChI is InChI=1S/C15H17ClN2O3S/c1-15(20,13-4-3-7-21-13)9-17-14(19)18-10-5-6-12(22-2)11(16)8-10/h3-8,20H,9H2,1-2H3,(H2,17,18,19). The van der Waals surface area contributed by atoms with Gasteiger partial charge in [-0.25, -0.2) is 4.79 Å². The van der Waals surface area contributed by atoms with Gasteiger partial charge in [0.1, 0.15) is 11.4 Å². The molecule has 118 valence electrons. The Hall–Kier alpha value is -1.63. The predicted octanol–water partition coefficient (Wildman–Crippen LogP) is 3.68. The third-order valence-corrected chi connectivity index (χ3v) is 4.28. The highest BCUT2D eigenvalue weighted by Gasteiger charge is 2.26. The van der Waals surface area contributed by atoms with Crippen LogP contribution in [0.1, 0.15) is 12.7 Å². The molecule has 1 heterocycles. The monoisotopic (exact) mass is 340 g/mol. The van der Waals surface area contributed by atoms with Crippen LogP contribution in [-0.4, -0.2) is 23.9 Å². The quantitative estimate of drug-likeness (QED) is 0.726. The Labute approximate surface area is 138 Å². The number of aliphatic hydroxyl groups is 1. The lowest BCUT2D eigenvalue weighted by atomic mass is 10.0. The van der Waals surface area contributed by atoms with Crippen molar-refractivity contribution in [2.24, 2.45) is 0 Å². The fraction of sp³-hybridized carbons (Fsp3) is 0.267. The van der Waals surface area contributed by atoms with E-state index in [4.69, 9.17) is 16.0 Å². The van der Waals surface area contributed by atoms with Crippen LogP contribution in [0.25, 0.3) is 0 Å². The van der Waals surface area contributed by atoms with E-state index in [1.165, 1.54) is 18.0 Å². The molecule has 0 fully saturated rings. The first-order chi connectivity index (χ1) is 10.4. The molecule has 1 unspecified atom stereocenters. The summed E-state index contributed by atoms with van der Waals surface area (Å²) in [7, 11) is 0. The third-order valence-electron chi connectivity index (χ3n) is 3.05. The molecule has 1 aromatic carbocycles.